The predicted octanol–water partition coefficient (Wildman–Crippen LogP) is 5.03. The summed E-state index contributed by atoms with van der Waals surface area (Å²) in [5.41, 5.74) is 2.73. The van der Waals surface area contributed by atoms with E-state index in [1.165, 1.54) is 0 Å². The van der Waals surface area contributed by atoms with Crippen LogP contribution in [0.15, 0.2) is 65.2 Å². The van der Waals surface area contributed by atoms with Crippen molar-refractivity contribution < 1.29 is 18.7 Å². The number of benzene rings is 2. The summed E-state index contributed by atoms with van der Waals surface area (Å²) in [7, 11) is 0. The van der Waals surface area contributed by atoms with Crippen LogP contribution in [-0.4, -0.2) is 32.9 Å². The fraction of sp³-hybridized carbons (Fsp3) is 0.259. The average molecular weight is 503 g/mol. The topological polar surface area (TPSA) is 125 Å². The highest BCUT2D eigenvalue weighted by molar-refractivity contribution is 5.99. The SMILES string of the molecule is CC1NC(=O)c2ccc(Nc3cc(N[C@H](CF)c4ccccc4)c(-c4nnc(C(C)(C)O)o4)cn3)cc21. The molecule has 2 aromatic heterocycles. The van der Waals surface area contributed by atoms with Gasteiger partial charge in [-0.15, -0.1) is 10.2 Å². The van der Waals surface area contributed by atoms with Crippen molar-refractivity contribution in [2.24, 2.45) is 0 Å². The van der Waals surface area contributed by atoms with Crippen LogP contribution in [-0.2, 0) is 5.60 Å². The number of anilines is 3. The highest BCUT2D eigenvalue weighted by Gasteiger charge is 2.27. The highest BCUT2D eigenvalue weighted by Crippen LogP contribution is 2.34. The molecule has 2 aromatic carbocycles. The number of carbonyl (C=O) groups is 1. The Morgan fingerprint density at radius 1 is 1.14 bits per heavy atom. The van der Waals surface area contributed by atoms with Crippen molar-refractivity contribution in [3.63, 3.8) is 0 Å². The minimum atomic E-state index is -1.32. The van der Waals surface area contributed by atoms with Gasteiger partial charge in [0.1, 0.15) is 18.1 Å². The van der Waals surface area contributed by atoms with Crippen molar-refractivity contribution in [3.05, 3.63) is 83.4 Å². The maximum absolute atomic E-state index is 14.2. The van der Waals surface area contributed by atoms with Crippen LogP contribution in [0.3, 0.4) is 0 Å². The first-order valence-corrected chi connectivity index (χ1v) is 11.9. The lowest BCUT2D eigenvalue weighted by Crippen LogP contribution is -2.16. The number of nitrogens with zero attached hydrogens (tertiary/aromatic N) is 3. The number of halogens is 1. The number of aromatic nitrogens is 3. The molecule has 37 heavy (non-hydrogen) atoms. The van der Waals surface area contributed by atoms with E-state index < -0.39 is 18.3 Å². The monoisotopic (exact) mass is 502 g/mol. The van der Waals surface area contributed by atoms with Crippen LogP contribution in [0.5, 0.6) is 0 Å². The number of hydrogen-bond donors (Lipinski definition) is 4. The molecule has 1 unspecified atom stereocenters. The minimum Gasteiger partial charge on any atom is -0.417 e. The molecule has 1 aliphatic rings. The van der Waals surface area contributed by atoms with Crippen molar-refractivity contribution in [3.8, 4) is 11.5 Å². The molecule has 2 atom stereocenters. The number of nitrogens with one attached hydrogen (secondary N) is 3. The molecule has 4 aromatic rings. The van der Waals surface area contributed by atoms with Crippen LogP contribution < -0.4 is 16.0 Å². The summed E-state index contributed by atoms with van der Waals surface area (Å²) >= 11 is 0. The van der Waals surface area contributed by atoms with Crippen LogP contribution in [0, 0.1) is 0 Å². The molecule has 0 saturated carbocycles. The van der Waals surface area contributed by atoms with Gasteiger partial charge in [0.25, 0.3) is 11.8 Å². The molecule has 1 aliphatic heterocycles. The van der Waals surface area contributed by atoms with Gasteiger partial charge in [-0.3, -0.25) is 4.79 Å². The van der Waals surface area contributed by atoms with Gasteiger partial charge in [0.05, 0.1) is 23.3 Å². The van der Waals surface area contributed by atoms with Crippen LogP contribution in [0.1, 0.15) is 60.2 Å². The molecule has 5 rings (SSSR count). The molecule has 0 aliphatic carbocycles. The number of pyridine rings is 1. The van der Waals surface area contributed by atoms with E-state index in [2.05, 4.69) is 31.1 Å². The molecule has 3 heterocycles. The zero-order valence-corrected chi connectivity index (χ0v) is 20.6. The maximum atomic E-state index is 14.2. The van der Waals surface area contributed by atoms with Gasteiger partial charge in [0, 0.05) is 23.5 Å². The molecule has 0 fully saturated rings. The number of alkyl halides is 1. The molecular weight excluding hydrogens is 475 g/mol. The molecular formula is C27H27FN6O3. The third kappa shape index (κ3) is 5.01. The maximum Gasteiger partial charge on any atom is 0.252 e. The molecule has 0 radical (unpaired) electrons. The molecule has 0 saturated heterocycles. The Labute approximate surface area is 213 Å². The Morgan fingerprint density at radius 3 is 2.62 bits per heavy atom. The number of aliphatic hydroxyl groups is 1. The average Bonchev–Trinajstić information content (AvgIpc) is 3.48. The van der Waals surface area contributed by atoms with Crippen LogP contribution in [0.2, 0.25) is 0 Å². The van der Waals surface area contributed by atoms with Gasteiger partial charge in [-0.2, -0.15) is 0 Å². The lowest BCUT2D eigenvalue weighted by atomic mass is 10.0. The van der Waals surface area contributed by atoms with Crippen LogP contribution >= 0.6 is 0 Å². The third-order valence-corrected chi connectivity index (χ3v) is 6.15. The Bertz CT molecular complexity index is 1430. The Morgan fingerprint density at radius 2 is 1.92 bits per heavy atom. The van der Waals surface area contributed by atoms with Crippen molar-refractivity contribution in [2.75, 3.05) is 17.3 Å². The van der Waals surface area contributed by atoms with E-state index in [1.807, 2.05) is 43.3 Å². The second-order valence-electron chi connectivity index (χ2n) is 9.47. The van der Waals surface area contributed by atoms with Crippen LogP contribution in [0.25, 0.3) is 11.5 Å². The molecule has 0 spiro atoms. The van der Waals surface area contributed by atoms with E-state index in [0.717, 1.165) is 16.8 Å². The predicted molar refractivity (Wildman–Crippen MR) is 137 cm³/mol. The molecule has 4 N–H and O–H groups in total. The zero-order chi connectivity index (χ0) is 26.2. The fourth-order valence-corrected chi connectivity index (χ4v) is 4.18. The van der Waals surface area contributed by atoms with E-state index in [4.69, 9.17) is 4.42 Å². The minimum absolute atomic E-state index is 0.0520. The number of fused-ring (bicyclic) bond motifs is 1. The van der Waals surface area contributed by atoms with E-state index >= 15 is 0 Å². The van der Waals surface area contributed by atoms with Gasteiger partial charge in [0.2, 0.25) is 5.89 Å². The Hall–Kier alpha value is -4.31. The normalized spacial score (nSPS) is 15.7. The largest absolute Gasteiger partial charge is 0.417 e. The summed E-state index contributed by atoms with van der Waals surface area (Å²) in [6.07, 6.45) is 1.55. The van der Waals surface area contributed by atoms with Gasteiger partial charge in [-0.25, -0.2) is 9.37 Å². The summed E-state index contributed by atoms with van der Waals surface area (Å²) in [4.78, 5) is 16.6. The summed E-state index contributed by atoms with van der Waals surface area (Å²) in [6.45, 7) is 4.36. The summed E-state index contributed by atoms with van der Waals surface area (Å²) in [6, 6.07) is 15.8. The van der Waals surface area contributed by atoms with Crippen molar-refractivity contribution in [1.82, 2.24) is 20.5 Å². The first-order valence-electron chi connectivity index (χ1n) is 11.9. The standard InChI is InChI=1S/C27H27FN6O3/c1-15-19-11-17(9-10-18(19)24(35)30-15)31-23-12-21(32-22(13-28)16-7-5-4-6-8-16)20(14-29-23)25-33-34-26(37-25)27(2,3)36/h4-12,14-15,22,36H,13H2,1-3H3,(H,30,35)(H2,29,31,32)/t15?,22-/m1/s1. The van der Waals surface area contributed by atoms with Gasteiger partial charge in [0.15, 0.2) is 0 Å². The second-order valence-corrected chi connectivity index (χ2v) is 9.47. The zero-order valence-electron chi connectivity index (χ0n) is 20.6. The molecule has 190 valence electrons. The lowest BCUT2D eigenvalue weighted by Gasteiger charge is -2.20. The van der Waals surface area contributed by atoms with E-state index in [9.17, 15) is 14.3 Å². The second kappa shape index (κ2) is 9.62. The van der Waals surface area contributed by atoms with E-state index in [-0.39, 0.29) is 23.7 Å². The van der Waals surface area contributed by atoms with Gasteiger partial charge in [-0.1, -0.05) is 30.3 Å². The van der Waals surface area contributed by atoms with Crippen molar-refractivity contribution in [1.29, 1.82) is 0 Å². The summed E-state index contributed by atoms with van der Waals surface area (Å²) < 4.78 is 19.9. The van der Waals surface area contributed by atoms with Crippen LogP contribution in [0.4, 0.5) is 21.6 Å². The van der Waals surface area contributed by atoms with Crippen molar-refractivity contribution >= 4 is 23.1 Å². The highest BCUT2D eigenvalue weighted by atomic mass is 19.1. The number of hydrogen-bond acceptors (Lipinski definition) is 8. The van der Waals surface area contributed by atoms with E-state index in [0.29, 0.717) is 22.6 Å². The Kier molecular flexibility index (Phi) is 6.34. The lowest BCUT2D eigenvalue weighted by molar-refractivity contribution is 0.0488. The fourth-order valence-electron chi connectivity index (χ4n) is 4.18. The summed E-state index contributed by atoms with van der Waals surface area (Å²) in [5.74, 6) is 0.590. The molecule has 0 bridgehead atoms. The first-order chi connectivity index (χ1) is 17.7. The first kappa shape index (κ1) is 24.4. The van der Waals surface area contributed by atoms with Gasteiger partial charge in [-0.05, 0) is 50.1 Å². The number of rotatable bonds is 8. The molecule has 1 amide bonds. The smallest absolute Gasteiger partial charge is 0.252 e. The van der Waals surface area contributed by atoms with E-state index in [1.54, 1.807) is 38.2 Å². The van der Waals surface area contributed by atoms with Gasteiger partial charge < -0.3 is 25.5 Å². The Balaban J connectivity index is 1.51. The molecule has 10 heteroatoms. The third-order valence-electron chi connectivity index (χ3n) is 6.15. The number of carbonyl (C=O) groups excluding carboxylic acids is 1. The number of amides is 1. The van der Waals surface area contributed by atoms with Gasteiger partial charge >= 0.3 is 0 Å². The van der Waals surface area contributed by atoms with Crippen molar-refractivity contribution in [2.45, 2.75) is 38.5 Å². The molecule has 9 nitrogen and oxygen atoms in total. The summed E-state index contributed by atoms with van der Waals surface area (Å²) in [5, 5.41) is 27.7. The quantitative estimate of drug-likeness (QED) is 0.264.